The molecule has 2 aromatic rings. The average Bonchev–Trinajstić information content (AvgIpc) is 3.38. The van der Waals surface area contributed by atoms with Gasteiger partial charge in [-0.3, -0.25) is 4.99 Å². The number of benzene rings is 1. The molecule has 1 fully saturated rings. The van der Waals surface area contributed by atoms with Crippen molar-refractivity contribution in [3.63, 3.8) is 0 Å². The summed E-state index contributed by atoms with van der Waals surface area (Å²) in [6, 6.07) is 8.26. The Kier molecular flexibility index (Phi) is 8.15. The minimum absolute atomic E-state index is 0. The third-order valence-corrected chi connectivity index (χ3v) is 4.66. The lowest BCUT2D eigenvalue weighted by Crippen LogP contribution is -2.41. The summed E-state index contributed by atoms with van der Waals surface area (Å²) in [6.07, 6.45) is 2.67. The molecule has 26 heavy (non-hydrogen) atoms. The summed E-state index contributed by atoms with van der Waals surface area (Å²) in [7, 11) is 3.87. The number of fused-ring (bicyclic) bond motifs is 1. The summed E-state index contributed by atoms with van der Waals surface area (Å²) >= 11 is 0. The van der Waals surface area contributed by atoms with Crippen LogP contribution in [-0.2, 0) is 11.3 Å². The molecule has 0 atom stereocenters. The number of guanidine groups is 1. The van der Waals surface area contributed by atoms with Crippen LogP contribution in [0, 0.1) is 12.8 Å². The highest BCUT2D eigenvalue weighted by Gasteiger charge is 2.21. The summed E-state index contributed by atoms with van der Waals surface area (Å²) in [5, 5.41) is 3.43. The molecule has 0 spiro atoms. The lowest BCUT2D eigenvalue weighted by atomic mass is 10.3. The SMILES string of the molecule is CN=C(NCCn1c(C)nc2ccccc21)N(C)CCOCC1CC1.I. The minimum Gasteiger partial charge on any atom is -0.379 e. The van der Waals surface area contributed by atoms with Gasteiger partial charge in [-0.1, -0.05) is 12.1 Å². The minimum atomic E-state index is 0. The monoisotopic (exact) mass is 471 g/mol. The van der Waals surface area contributed by atoms with E-state index in [0.717, 1.165) is 56.1 Å². The molecule has 1 aromatic heterocycles. The molecule has 1 aromatic carbocycles. The Labute approximate surface area is 173 Å². The van der Waals surface area contributed by atoms with Gasteiger partial charge in [-0.25, -0.2) is 4.98 Å². The molecule has 0 radical (unpaired) electrons. The second kappa shape index (κ2) is 10.1. The first kappa shape index (κ1) is 21.0. The summed E-state index contributed by atoms with van der Waals surface area (Å²) in [6.45, 7) is 6.22. The van der Waals surface area contributed by atoms with E-state index in [9.17, 15) is 0 Å². The maximum atomic E-state index is 5.71. The lowest BCUT2D eigenvalue weighted by Gasteiger charge is -2.22. The van der Waals surface area contributed by atoms with Gasteiger partial charge in [-0.15, -0.1) is 24.0 Å². The van der Waals surface area contributed by atoms with Crippen molar-refractivity contribution in [2.24, 2.45) is 10.9 Å². The zero-order valence-corrected chi connectivity index (χ0v) is 18.3. The average molecular weight is 471 g/mol. The molecule has 0 aliphatic heterocycles. The number of ether oxygens (including phenoxy) is 1. The van der Waals surface area contributed by atoms with E-state index >= 15 is 0 Å². The maximum Gasteiger partial charge on any atom is 0.193 e. The van der Waals surface area contributed by atoms with Gasteiger partial charge in [0.2, 0.25) is 0 Å². The largest absolute Gasteiger partial charge is 0.379 e. The molecule has 0 saturated heterocycles. The molecule has 3 rings (SSSR count). The first-order valence-corrected chi connectivity index (χ1v) is 9.10. The second-order valence-corrected chi connectivity index (χ2v) is 6.71. The van der Waals surface area contributed by atoms with Crippen molar-refractivity contribution in [1.82, 2.24) is 19.8 Å². The zero-order valence-electron chi connectivity index (χ0n) is 15.9. The van der Waals surface area contributed by atoms with Crippen LogP contribution in [0.25, 0.3) is 11.0 Å². The predicted molar refractivity (Wildman–Crippen MR) is 117 cm³/mol. The first-order chi connectivity index (χ1) is 12.2. The third kappa shape index (κ3) is 5.57. The Bertz CT molecular complexity index is 726. The number of aliphatic imine (C=N–C) groups is 1. The molecule has 0 bridgehead atoms. The standard InChI is InChI=1S/C19H29N5O.HI/c1-15-22-17-6-4-5-7-18(17)24(15)11-10-21-19(20-2)23(3)12-13-25-14-16-8-9-16;/h4-7,16H,8-14H2,1-3H3,(H,20,21);1H. The van der Waals surface area contributed by atoms with Crippen LogP contribution < -0.4 is 5.32 Å². The normalized spacial score (nSPS) is 14.3. The van der Waals surface area contributed by atoms with Crippen molar-refractivity contribution in [2.45, 2.75) is 26.3 Å². The van der Waals surface area contributed by atoms with Crippen molar-refractivity contribution in [3.8, 4) is 0 Å². The summed E-state index contributed by atoms with van der Waals surface area (Å²) in [5.41, 5.74) is 2.23. The van der Waals surface area contributed by atoms with Gasteiger partial charge in [0.25, 0.3) is 0 Å². The van der Waals surface area contributed by atoms with E-state index in [1.165, 1.54) is 18.4 Å². The number of aryl methyl sites for hydroxylation is 1. The van der Waals surface area contributed by atoms with Gasteiger partial charge in [-0.2, -0.15) is 0 Å². The first-order valence-electron chi connectivity index (χ1n) is 9.10. The van der Waals surface area contributed by atoms with Gasteiger partial charge in [0.05, 0.1) is 17.6 Å². The number of likely N-dealkylation sites (N-methyl/N-ethyl adjacent to an activating group) is 1. The van der Waals surface area contributed by atoms with Crippen molar-refractivity contribution in [2.75, 3.05) is 40.4 Å². The smallest absolute Gasteiger partial charge is 0.193 e. The molecule has 1 aliphatic rings. The molecular weight excluding hydrogens is 441 g/mol. The Morgan fingerprint density at radius 3 is 2.88 bits per heavy atom. The number of para-hydroxylation sites is 2. The van der Waals surface area contributed by atoms with E-state index < -0.39 is 0 Å². The Morgan fingerprint density at radius 2 is 2.15 bits per heavy atom. The molecule has 1 aliphatic carbocycles. The van der Waals surface area contributed by atoms with Crippen LogP contribution in [0.3, 0.4) is 0 Å². The molecule has 0 unspecified atom stereocenters. The van der Waals surface area contributed by atoms with E-state index in [1.807, 2.05) is 20.2 Å². The fraction of sp³-hybridized carbons (Fsp3) is 0.579. The third-order valence-electron chi connectivity index (χ3n) is 4.66. The van der Waals surface area contributed by atoms with Crippen molar-refractivity contribution in [3.05, 3.63) is 30.1 Å². The number of imidazole rings is 1. The fourth-order valence-electron chi connectivity index (χ4n) is 2.98. The molecule has 7 heteroatoms. The van der Waals surface area contributed by atoms with Crippen LogP contribution in [0.4, 0.5) is 0 Å². The molecule has 0 amide bonds. The molecular formula is C19H30IN5O. The number of hydrogen-bond acceptors (Lipinski definition) is 3. The van der Waals surface area contributed by atoms with Crippen LogP contribution in [0.1, 0.15) is 18.7 Å². The number of hydrogen-bond donors (Lipinski definition) is 1. The molecule has 144 valence electrons. The number of halogens is 1. The van der Waals surface area contributed by atoms with E-state index in [4.69, 9.17) is 4.74 Å². The Balaban J connectivity index is 0.00000243. The maximum absolute atomic E-state index is 5.71. The van der Waals surface area contributed by atoms with E-state index in [0.29, 0.717) is 0 Å². The van der Waals surface area contributed by atoms with Crippen molar-refractivity contribution in [1.29, 1.82) is 0 Å². The number of nitrogens with one attached hydrogen (secondary N) is 1. The van der Waals surface area contributed by atoms with Crippen molar-refractivity contribution >= 4 is 41.0 Å². The number of nitrogens with zero attached hydrogens (tertiary/aromatic N) is 4. The molecule has 1 saturated carbocycles. The molecule has 1 heterocycles. The van der Waals surface area contributed by atoms with E-state index in [-0.39, 0.29) is 24.0 Å². The molecule has 1 N–H and O–H groups in total. The van der Waals surface area contributed by atoms with E-state index in [1.54, 1.807) is 0 Å². The Hall–Kier alpha value is -1.35. The van der Waals surface area contributed by atoms with Crippen LogP contribution in [0.5, 0.6) is 0 Å². The van der Waals surface area contributed by atoms with Crippen LogP contribution in [-0.4, -0.2) is 60.8 Å². The number of aromatic nitrogens is 2. The molecule has 6 nitrogen and oxygen atoms in total. The van der Waals surface area contributed by atoms with Gasteiger partial charge >= 0.3 is 0 Å². The van der Waals surface area contributed by atoms with Gasteiger partial charge in [-0.05, 0) is 37.8 Å². The highest BCUT2D eigenvalue weighted by molar-refractivity contribution is 14.0. The fourth-order valence-corrected chi connectivity index (χ4v) is 2.98. The van der Waals surface area contributed by atoms with Gasteiger partial charge in [0, 0.05) is 40.3 Å². The van der Waals surface area contributed by atoms with Crippen LogP contribution in [0.2, 0.25) is 0 Å². The van der Waals surface area contributed by atoms with Gasteiger partial charge in [0.15, 0.2) is 5.96 Å². The number of rotatable bonds is 8. The van der Waals surface area contributed by atoms with E-state index in [2.05, 4.69) is 49.9 Å². The highest BCUT2D eigenvalue weighted by atomic mass is 127. The van der Waals surface area contributed by atoms with Crippen LogP contribution >= 0.6 is 24.0 Å². The zero-order chi connectivity index (χ0) is 17.6. The van der Waals surface area contributed by atoms with Gasteiger partial charge < -0.3 is 19.5 Å². The Morgan fingerprint density at radius 1 is 1.38 bits per heavy atom. The summed E-state index contributed by atoms with van der Waals surface area (Å²) in [4.78, 5) is 11.1. The predicted octanol–water partition coefficient (Wildman–Crippen LogP) is 2.90. The highest BCUT2D eigenvalue weighted by Crippen LogP contribution is 2.28. The lowest BCUT2D eigenvalue weighted by molar-refractivity contribution is 0.115. The van der Waals surface area contributed by atoms with Crippen molar-refractivity contribution < 1.29 is 4.74 Å². The van der Waals surface area contributed by atoms with Crippen LogP contribution in [0.15, 0.2) is 29.3 Å². The quantitative estimate of drug-likeness (QED) is 0.279. The second-order valence-electron chi connectivity index (χ2n) is 6.71. The summed E-state index contributed by atoms with van der Waals surface area (Å²) in [5.74, 6) is 2.76. The topological polar surface area (TPSA) is 54.7 Å². The van der Waals surface area contributed by atoms with Gasteiger partial charge in [0.1, 0.15) is 5.82 Å². The summed E-state index contributed by atoms with van der Waals surface area (Å²) < 4.78 is 7.96.